The molecule has 1 aliphatic heterocycles. The maximum absolute atomic E-state index is 12.4. The SMILES string of the molecule is Cc1ccc(NC(=O)C[NH+]2CC[NH+](Cc3nc4ccccc4s3)CC2)cc1C. The predicted molar refractivity (Wildman–Crippen MR) is 114 cm³/mol. The molecule has 0 radical (unpaired) electrons. The number of thiazole rings is 1. The monoisotopic (exact) mass is 396 g/mol. The molecule has 28 heavy (non-hydrogen) atoms. The minimum atomic E-state index is 0.105. The van der Waals surface area contributed by atoms with E-state index < -0.39 is 0 Å². The van der Waals surface area contributed by atoms with Gasteiger partial charge in [0.1, 0.15) is 37.7 Å². The molecule has 3 aromatic rings. The number of aromatic nitrogens is 1. The Morgan fingerprint density at radius 1 is 1.04 bits per heavy atom. The van der Waals surface area contributed by atoms with Gasteiger partial charge in [0, 0.05) is 5.69 Å². The number of hydrogen-bond acceptors (Lipinski definition) is 3. The molecule has 1 aromatic heterocycles. The van der Waals surface area contributed by atoms with E-state index in [-0.39, 0.29) is 5.91 Å². The lowest BCUT2D eigenvalue weighted by molar-refractivity contribution is -1.01. The van der Waals surface area contributed by atoms with E-state index in [2.05, 4.69) is 43.4 Å². The van der Waals surface area contributed by atoms with E-state index in [4.69, 9.17) is 4.98 Å². The van der Waals surface area contributed by atoms with Crippen LogP contribution in [0.25, 0.3) is 10.2 Å². The summed E-state index contributed by atoms with van der Waals surface area (Å²) >= 11 is 1.80. The van der Waals surface area contributed by atoms with Gasteiger partial charge in [-0.05, 0) is 49.2 Å². The lowest BCUT2D eigenvalue weighted by Gasteiger charge is -2.28. The van der Waals surface area contributed by atoms with Crippen molar-refractivity contribution in [2.75, 3.05) is 38.0 Å². The highest BCUT2D eigenvalue weighted by Gasteiger charge is 2.25. The highest BCUT2D eigenvalue weighted by atomic mass is 32.1. The van der Waals surface area contributed by atoms with Gasteiger partial charge in [-0.25, -0.2) is 4.98 Å². The molecule has 1 saturated heterocycles. The van der Waals surface area contributed by atoms with Crippen LogP contribution in [0, 0.1) is 13.8 Å². The molecule has 1 aliphatic rings. The third-order valence-corrected chi connectivity index (χ3v) is 6.64. The third kappa shape index (κ3) is 4.58. The van der Waals surface area contributed by atoms with E-state index >= 15 is 0 Å². The average molecular weight is 397 g/mol. The molecule has 6 heteroatoms. The van der Waals surface area contributed by atoms with Gasteiger partial charge in [-0.3, -0.25) is 4.79 Å². The zero-order valence-corrected chi connectivity index (χ0v) is 17.4. The van der Waals surface area contributed by atoms with Crippen LogP contribution in [-0.2, 0) is 11.3 Å². The molecule has 5 nitrogen and oxygen atoms in total. The summed E-state index contributed by atoms with van der Waals surface area (Å²) in [4.78, 5) is 20.1. The number of hydrogen-bond donors (Lipinski definition) is 3. The molecule has 2 heterocycles. The molecule has 2 aromatic carbocycles. The Balaban J connectivity index is 1.25. The molecule has 0 saturated carbocycles. The number of amides is 1. The maximum atomic E-state index is 12.4. The fourth-order valence-corrected chi connectivity index (χ4v) is 4.81. The van der Waals surface area contributed by atoms with Crippen molar-refractivity contribution in [2.45, 2.75) is 20.4 Å². The molecule has 0 spiro atoms. The number of aryl methyl sites for hydroxylation is 2. The number of benzene rings is 2. The maximum Gasteiger partial charge on any atom is 0.279 e. The third-order valence-electron chi connectivity index (χ3n) is 5.60. The summed E-state index contributed by atoms with van der Waals surface area (Å²) in [5.74, 6) is 0.105. The quantitative estimate of drug-likeness (QED) is 0.599. The largest absolute Gasteiger partial charge is 0.321 e. The van der Waals surface area contributed by atoms with Crippen LogP contribution in [0.15, 0.2) is 42.5 Å². The molecule has 3 N–H and O–H groups in total. The fourth-order valence-electron chi connectivity index (χ4n) is 3.77. The first-order valence-corrected chi connectivity index (χ1v) is 10.8. The molecule has 4 rings (SSSR count). The minimum Gasteiger partial charge on any atom is -0.321 e. The van der Waals surface area contributed by atoms with Gasteiger partial charge in [-0.2, -0.15) is 0 Å². The molecule has 0 atom stereocenters. The van der Waals surface area contributed by atoms with Gasteiger partial charge >= 0.3 is 0 Å². The van der Waals surface area contributed by atoms with Gasteiger partial charge in [-0.15, -0.1) is 11.3 Å². The van der Waals surface area contributed by atoms with Gasteiger partial charge in [0.2, 0.25) is 0 Å². The van der Waals surface area contributed by atoms with Crippen molar-refractivity contribution in [3.63, 3.8) is 0 Å². The normalized spacial score (nSPS) is 19.6. The zero-order chi connectivity index (χ0) is 19.5. The highest BCUT2D eigenvalue weighted by Crippen LogP contribution is 2.20. The number of quaternary nitrogens is 2. The van der Waals surface area contributed by atoms with E-state index in [1.165, 1.54) is 25.7 Å². The Labute approximate surface area is 170 Å². The van der Waals surface area contributed by atoms with E-state index in [1.807, 2.05) is 18.2 Å². The fraction of sp³-hybridized carbons (Fsp3) is 0.364. The van der Waals surface area contributed by atoms with Crippen LogP contribution >= 0.6 is 11.3 Å². The van der Waals surface area contributed by atoms with Crippen LogP contribution < -0.4 is 15.1 Å². The van der Waals surface area contributed by atoms with Gasteiger partial charge < -0.3 is 15.1 Å². The summed E-state index contributed by atoms with van der Waals surface area (Å²) in [6.07, 6.45) is 0. The molecule has 0 bridgehead atoms. The smallest absolute Gasteiger partial charge is 0.279 e. The van der Waals surface area contributed by atoms with Crippen LogP contribution in [-0.4, -0.2) is 43.6 Å². The predicted octanol–water partition coefficient (Wildman–Crippen LogP) is 0.835. The topological polar surface area (TPSA) is 50.9 Å². The van der Waals surface area contributed by atoms with Crippen LogP contribution in [0.1, 0.15) is 16.1 Å². The van der Waals surface area contributed by atoms with Crippen molar-refractivity contribution in [1.82, 2.24) is 4.98 Å². The Bertz CT molecular complexity index is 943. The lowest BCUT2D eigenvalue weighted by atomic mass is 10.1. The van der Waals surface area contributed by atoms with Crippen LogP contribution in [0.4, 0.5) is 5.69 Å². The van der Waals surface area contributed by atoms with Crippen molar-refractivity contribution in [3.8, 4) is 0 Å². The Kier molecular flexibility index (Phi) is 5.71. The second kappa shape index (κ2) is 8.39. The summed E-state index contributed by atoms with van der Waals surface area (Å²) in [7, 11) is 0. The van der Waals surface area contributed by atoms with Crippen molar-refractivity contribution >= 4 is 33.1 Å². The number of piperazine rings is 1. The van der Waals surface area contributed by atoms with E-state index in [1.54, 1.807) is 16.2 Å². The number of rotatable bonds is 5. The van der Waals surface area contributed by atoms with Crippen LogP contribution in [0.2, 0.25) is 0 Å². The molecule has 0 aliphatic carbocycles. The average Bonchev–Trinajstić information content (AvgIpc) is 3.08. The highest BCUT2D eigenvalue weighted by molar-refractivity contribution is 7.18. The summed E-state index contributed by atoms with van der Waals surface area (Å²) in [5.41, 5.74) is 4.45. The summed E-state index contributed by atoms with van der Waals surface area (Å²) in [5, 5.41) is 4.26. The lowest BCUT2D eigenvalue weighted by Crippen LogP contribution is -3.28. The first kappa shape index (κ1) is 19.1. The van der Waals surface area contributed by atoms with Crippen LogP contribution in [0.5, 0.6) is 0 Å². The Hall–Kier alpha value is -2.28. The second-order valence-electron chi connectivity index (χ2n) is 7.78. The number of carbonyl (C=O) groups is 1. The van der Waals surface area contributed by atoms with Crippen molar-refractivity contribution in [3.05, 3.63) is 58.6 Å². The number of para-hydroxylation sites is 1. The Morgan fingerprint density at radius 2 is 1.79 bits per heavy atom. The molecular formula is C22H28N4OS+2. The van der Waals surface area contributed by atoms with Crippen molar-refractivity contribution in [1.29, 1.82) is 0 Å². The van der Waals surface area contributed by atoms with E-state index in [0.717, 1.165) is 43.9 Å². The van der Waals surface area contributed by atoms with Gasteiger partial charge in [0.05, 0.1) is 10.2 Å². The first-order chi connectivity index (χ1) is 13.6. The molecular weight excluding hydrogens is 368 g/mol. The van der Waals surface area contributed by atoms with E-state index in [9.17, 15) is 4.79 Å². The molecule has 0 unspecified atom stereocenters. The van der Waals surface area contributed by atoms with Gasteiger partial charge in [0.15, 0.2) is 6.54 Å². The number of nitrogens with zero attached hydrogens (tertiary/aromatic N) is 1. The second-order valence-corrected chi connectivity index (χ2v) is 8.89. The van der Waals surface area contributed by atoms with Crippen molar-refractivity contribution in [2.24, 2.45) is 0 Å². The summed E-state index contributed by atoms with van der Waals surface area (Å²) in [6.45, 7) is 9.92. The van der Waals surface area contributed by atoms with Gasteiger partial charge in [-0.1, -0.05) is 18.2 Å². The number of carbonyl (C=O) groups excluding carboxylic acids is 1. The summed E-state index contributed by atoms with van der Waals surface area (Å²) in [6, 6.07) is 14.4. The Morgan fingerprint density at radius 3 is 2.54 bits per heavy atom. The number of nitrogens with one attached hydrogen (secondary N) is 3. The number of anilines is 1. The molecule has 146 valence electrons. The minimum absolute atomic E-state index is 0.105. The van der Waals surface area contributed by atoms with E-state index in [0.29, 0.717) is 6.54 Å². The van der Waals surface area contributed by atoms with Crippen LogP contribution in [0.3, 0.4) is 0 Å². The summed E-state index contributed by atoms with van der Waals surface area (Å²) < 4.78 is 1.27. The number of fused-ring (bicyclic) bond motifs is 1. The zero-order valence-electron chi connectivity index (χ0n) is 16.5. The van der Waals surface area contributed by atoms with Crippen molar-refractivity contribution < 1.29 is 14.6 Å². The van der Waals surface area contributed by atoms with Gasteiger partial charge in [0.25, 0.3) is 5.91 Å². The first-order valence-electron chi connectivity index (χ1n) is 9.95. The standard InChI is InChI=1S/C22H26N4OS/c1-16-7-8-18(13-17(16)2)23-21(27)14-25-9-11-26(12-10-25)15-22-24-19-5-3-4-6-20(19)28-22/h3-8,13H,9-12,14-15H2,1-2H3,(H,23,27)/p+2. The molecule has 1 fully saturated rings. The molecule has 1 amide bonds.